The molecule has 1 aromatic carbocycles. The summed E-state index contributed by atoms with van der Waals surface area (Å²) >= 11 is 5.85. The van der Waals surface area contributed by atoms with Crippen molar-refractivity contribution in [3.05, 3.63) is 75.2 Å². The van der Waals surface area contributed by atoms with Crippen LogP contribution >= 0.6 is 11.6 Å². The lowest BCUT2D eigenvalue weighted by Gasteiger charge is -2.04. The van der Waals surface area contributed by atoms with Crippen LogP contribution in [0.4, 0.5) is 5.69 Å². The summed E-state index contributed by atoms with van der Waals surface area (Å²) in [6.07, 6.45) is 3.37. The molecule has 0 aliphatic heterocycles. The zero-order valence-electron chi connectivity index (χ0n) is 13.7. The molecule has 2 heterocycles. The SMILES string of the molecule is Cn1nc(CNC(=O)c2cc(Cl)ccc2[N+](=O)[O-])cc1-c1ccncc1. The van der Waals surface area contributed by atoms with Crippen LogP contribution in [0.2, 0.25) is 5.02 Å². The van der Waals surface area contributed by atoms with Crippen LogP contribution in [0, 0.1) is 10.1 Å². The molecule has 3 aromatic rings. The first kappa shape index (κ1) is 17.6. The molecule has 0 aliphatic carbocycles. The highest BCUT2D eigenvalue weighted by Crippen LogP contribution is 2.23. The number of amides is 1. The maximum Gasteiger partial charge on any atom is 0.282 e. The van der Waals surface area contributed by atoms with Gasteiger partial charge in [-0.25, -0.2) is 0 Å². The quantitative estimate of drug-likeness (QED) is 0.548. The molecule has 1 N–H and O–H groups in total. The minimum Gasteiger partial charge on any atom is -0.346 e. The second-order valence-corrected chi connectivity index (χ2v) is 5.92. The molecule has 132 valence electrons. The molecule has 2 aromatic heterocycles. The monoisotopic (exact) mass is 371 g/mol. The Morgan fingerprint density at radius 2 is 2.00 bits per heavy atom. The molecule has 26 heavy (non-hydrogen) atoms. The highest BCUT2D eigenvalue weighted by molar-refractivity contribution is 6.31. The van der Waals surface area contributed by atoms with Gasteiger partial charge in [0.1, 0.15) is 5.56 Å². The number of nitro benzene ring substituents is 1. The van der Waals surface area contributed by atoms with E-state index in [1.165, 1.54) is 18.2 Å². The fraction of sp³-hybridized carbons (Fsp3) is 0.118. The third-order valence-corrected chi connectivity index (χ3v) is 3.97. The van der Waals surface area contributed by atoms with Crippen LogP contribution in [-0.4, -0.2) is 25.6 Å². The van der Waals surface area contributed by atoms with E-state index in [1.54, 1.807) is 24.1 Å². The molecule has 0 saturated carbocycles. The molecule has 0 atom stereocenters. The first-order valence-corrected chi connectivity index (χ1v) is 7.99. The average Bonchev–Trinajstić information content (AvgIpc) is 3.01. The summed E-state index contributed by atoms with van der Waals surface area (Å²) in [6.45, 7) is 0.126. The van der Waals surface area contributed by atoms with Crippen molar-refractivity contribution in [2.75, 3.05) is 0 Å². The molecule has 0 bridgehead atoms. The Balaban J connectivity index is 1.77. The van der Waals surface area contributed by atoms with Crippen molar-refractivity contribution in [3.63, 3.8) is 0 Å². The Hall–Kier alpha value is -3.26. The van der Waals surface area contributed by atoms with Gasteiger partial charge >= 0.3 is 0 Å². The lowest BCUT2D eigenvalue weighted by Crippen LogP contribution is -2.24. The Bertz CT molecular complexity index is 972. The van der Waals surface area contributed by atoms with Crippen molar-refractivity contribution < 1.29 is 9.72 Å². The highest BCUT2D eigenvalue weighted by Gasteiger charge is 2.20. The van der Waals surface area contributed by atoms with E-state index in [2.05, 4.69) is 15.4 Å². The molecule has 0 unspecified atom stereocenters. The number of nitrogens with one attached hydrogen (secondary N) is 1. The van der Waals surface area contributed by atoms with E-state index in [9.17, 15) is 14.9 Å². The second-order valence-electron chi connectivity index (χ2n) is 5.48. The van der Waals surface area contributed by atoms with Gasteiger partial charge < -0.3 is 5.32 Å². The predicted molar refractivity (Wildman–Crippen MR) is 95.7 cm³/mol. The molecule has 1 amide bonds. The Labute approximate surface area is 153 Å². The summed E-state index contributed by atoms with van der Waals surface area (Å²) in [5.74, 6) is -0.588. The van der Waals surface area contributed by atoms with E-state index in [1.807, 2.05) is 18.2 Å². The van der Waals surface area contributed by atoms with E-state index >= 15 is 0 Å². The van der Waals surface area contributed by atoms with Gasteiger partial charge in [0.2, 0.25) is 0 Å². The van der Waals surface area contributed by atoms with Crippen LogP contribution in [-0.2, 0) is 13.6 Å². The van der Waals surface area contributed by atoms with Crippen LogP contribution in [0.5, 0.6) is 0 Å². The minimum absolute atomic E-state index is 0.0900. The molecule has 0 saturated heterocycles. The molecule has 0 aliphatic rings. The smallest absolute Gasteiger partial charge is 0.282 e. The van der Waals surface area contributed by atoms with Gasteiger partial charge in [-0.1, -0.05) is 11.6 Å². The fourth-order valence-electron chi connectivity index (χ4n) is 2.52. The number of aryl methyl sites for hydroxylation is 1. The van der Waals surface area contributed by atoms with Gasteiger partial charge in [-0.3, -0.25) is 24.6 Å². The van der Waals surface area contributed by atoms with Crippen molar-refractivity contribution >= 4 is 23.2 Å². The first-order chi connectivity index (χ1) is 12.5. The zero-order valence-corrected chi connectivity index (χ0v) is 14.5. The first-order valence-electron chi connectivity index (χ1n) is 7.61. The predicted octanol–water partition coefficient (Wildman–Crippen LogP) is 2.97. The van der Waals surface area contributed by atoms with Crippen LogP contribution in [0.1, 0.15) is 16.1 Å². The zero-order chi connectivity index (χ0) is 18.7. The summed E-state index contributed by atoms with van der Waals surface area (Å²) in [7, 11) is 1.79. The van der Waals surface area contributed by atoms with Crippen molar-refractivity contribution in [3.8, 4) is 11.3 Å². The maximum absolute atomic E-state index is 12.3. The number of carbonyl (C=O) groups is 1. The topological polar surface area (TPSA) is 103 Å². The standard InChI is InChI=1S/C17H14ClN5O3/c1-22-16(11-4-6-19-7-5-11)9-13(21-22)10-20-17(24)14-8-12(18)2-3-15(14)23(25)26/h2-9H,10H2,1H3,(H,20,24). The molecular weight excluding hydrogens is 358 g/mol. The van der Waals surface area contributed by atoms with Gasteiger partial charge in [-0.15, -0.1) is 0 Å². The van der Waals surface area contributed by atoms with Crippen LogP contribution in [0.3, 0.4) is 0 Å². The van der Waals surface area contributed by atoms with Crippen molar-refractivity contribution in [1.29, 1.82) is 0 Å². The number of rotatable bonds is 5. The van der Waals surface area contributed by atoms with Gasteiger partial charge in [-0.05, 0) is 30.3 Å². The van der Waals surface area contributed by atoms with E-state index < -0.39 is 10.8 Å². The van der Waals surface area contributed by atoms with Gasteiger partial charge in [0.25, 0.3) is 11.6 Å². The van der Waals surface area contributed by atoms with Gasteiger partial charge in [0, 0.05) is 36.1 Å². The highest BCUT2D eigenvalue weighted by atomic mass is 35.5. The van der Waals surface area contributed by atoms with E-state index in [0.29, 0.717) is 5.69 Å². The average molecular weight is 372 g/mol. The van der Waals surface area contributed by atoms with Crippen molar-refractivity contribution in [1.82, 2.24) is 20.1 Å². The summed E-state index contributed by atoms with van der Waals surface area (Å²) in [4.78, 5) is 26.8. The summed E-state index contributed by atoms with van der Waals surface area (Å²) in [5, 5.41) is 18.3. The van der Waals surface area contributed by atoms with Gasteiger partial charge in [0.05, 0.1) is 22.9 Å². The molecule has 0 radical (unpaired) electrons. The normalized spacial score (nSPS) is 10.5. The number of pyridine rings is 1. The number of benzene rings is 1. The molecule has 8 nitrogen and oxygen atoms in total. The summed E-state index contributed by atoms with van der Waals surface area (Å²) in [6, 6.07) is 9.40. The Kier molecular flexibility index (Phi) is 4.94. The maximum atomic E-state index is 12.3. The molecular formula is C17H14ClN5O3. The van der Waals surface area contributed by atoms with Crippen molar-refractivity contribution in [2.24, 2.45) is 7.05 Å². The number of hydrogen-bond acceptors (Lipinski definition) is 5. The minimum atomic E-state index is -0.618. The second kappa shape index (κ2) is 7.32. The summed E-state index contributed by atoms with van der Waals surface area (Å²) < 4.78 is 1.69. The van der Waals surface area contributed by atoms with Crippen LogP contribution in [0.15, 0.2) is 48.8 Å². The van der Waals surface area contributed by atoms with Crippen LogP contribution in [0.25, 0.3) is 11.3 Å². The number of nitrogens with zero attached hydrogens (tertiary/aromatic N) is 4. The lowest BCUT2D eigenvalue weighted by atomic mass is 10.1. The number of carbonyl (C=O) groups excluding carboxylic acids is 1. The molecule has 0 fully saturated rings. The van der Waals surface area contributed by atoms with E-state index in [4.69, 9.17) is 11.6 Å². The lowest BCUT2D eigenvalue weighted by molar-refractivity contribution is -0.385. The molecule has 9 heteroatoms. The van der Waals surface area contributed by atoms with Crippen LogP contribution < -0.4 is 5.32 Å². The summed E-state index contributed by atoms with van der Waals surface area (Å²) in [5.41, 5.74) is 2.04. The number of nitro groups is 1. The molecule has 3 rings (SSSR count). The Morgan fingerprint density at radius 3 is 2.69 bits per heavy atom. The molecule has 0 spiro atoms. The van der Waals surface area contributed by atoms with Gasteiger partial charge in [-0.2, -0.15) is 5.10 Å². The largest absolute Gasteiger partial charge is 0.346 e. The fourth-order valence-corrected chi connectivity index (χ4v) is 2.69. The third kappa shape index (κ3) is 3.70. The third-order valence-electron chi connectivity index (χ3n) is 3.74. The number of hydrogen-bond donors (Lipinski definition) is 1. The van der Waals surface area contributed by atoms with Crippen molar-refractivity contribution in [2.45, 2.75) is 6.54 Å². The Morgan fingerprint density at radius 1 is 1.27 bits per heavy atom. The van der Waals surface area contributed by atoms with E-state index in [-0.39, 0.29) is 22.8 Å². The van der Waals surface area contributed by atoms with Gasteiger partial charge in [0.15, 0.2) is 0 Å². The number of aromatic nitrogens is 3. The number of halogens is 1. The van der Waals surface area contributed by atoms with E-state index in [0.717, 1.165) is 11.3 Å².